The van der Waals surface area contributed by atoms with Gasteiger partial charge >= 0.3 is 0 Å². The molecule has 3 aliphatic rings. The fourth-order valence-electron chi connectivity index (χ4n) is 4.46. The van der Waals surface area contributed by atoms with Crippen molar-refractivity contribution in [2.24, 2.45) is 17.3 Å². The quantitative estimate of drug-likeness (QED) is 0.761. The van der Waals surface area contributed by atoms with Crippen molar-refractivity contribution >= 4 is 11.8 Å². The summed E-state index contributed by atoms with van der Waals surface area (Å²) in [5, 5.41) is 3.86. The fourth-order valence-corrected chi connectivity index (χ4v) is 4.46. The third-order valence-electron chi connectivity index (χ3n) is 5.40. The zero-order valence-electron chi connectivity index (χ0n) is 15.6. The molecule has 7 heteroatoms. The lowest BCUT2D eigenvalue weighted by atomic mass is 9.76. The van der Waals surface area contributed by atoms with Crippen LogP contribution in [-0.4, -0.2) is 58.6 Å². The molecule has 26 heavy (non-hydrogen) atoms. The van der Waals surface area contributed by atoms with Gasteiger partial charge in [-0.1, -0.05) is 38.1 Å². The molecular weight excluding hydrogens is 334 g/mol. The van der Waals surface area contributed by atoms with Crippen molar-refractivity contribution in [1.82, 2.24) is 15.0 Å². The molecule has 2 saturated heterocycles. The Bertz CT molecular complexity index is 751. The highest BCUT2D eigenvalue weighted by Crippen LogP contribution is 2.52. The summed E-state index contributed by atoms with van der Waals surface area (Å²) in [6.45, 7) is 7.85. The van der Waals surface area contributed by atoms with E-state index in [0.717, 1.165) is 0 Å². The van der Waals surface area contributed by atoms with Crippen molar-refractivity contribution in [1.29, 1.82) is 0 Å². The largest absolute Gasteiger partial charge is 0.364 e. The monoisotopic (exact) mass is 359 g/mol. The van der Waals surface area contributed by atoms with Crippen molar-refractivity contribution < 1.29 is 18.8 Å². The van der Waals surface area contributed by atoms with Gasteiger partial charge in [-0.05, 0) is 5.41 Å². The molecule has 3 aliphatic heterocycles. The van der Waals surface area contributed by atoms with Crippen LogP contribution in [-0.2, 0) is 20.9 Å². The Morgan fingerprint density at radius 2 is 2.23 bits per heavy atom. The Kier molecular flexibility index (Phi) is 3.77. The van der Waals surface area contributed by atoms with E-state index in [-0.39, 0.29) is 23.3 Å². The van der Waals surface area contributed by atoms with Crippen LogP contribution in [0.5, 0.6) is 0 Å². The third kappa shape index (κ3) is 2.65. The van der Waals surface area contributed by atoms with Crippen LogP contribution in [0.1, 0.15) is 26.5 Å². The number of hydrogen-bond donors (Lipinski definition) is 0. The van der Waals surface area contributed by atoms with E-state index in [1.807, 2.05) is 17.1 Å². The number of fused-ring (bicyclic) bond motifs is 1. The normalized spacial score (nSPS) is 32.4. The number of carbonyl (C=O) groups excluding carboxylic acids is 2. The summed E-state index contributed by atoms with van der Waals surface area (Å²) in [5.74, 6) is -0.971. The first-order valence-corrected chi connectivity index (χ1v) is 9.00. The van der Waals surface area contributed by atoms with E-state index in [2.05, 4.69) is 25.9 Å². The average Bonchev–Trinajstić information content (AvgIpc) is 3.29. The first-order chi connectivity index (χ1) is 12.2. The summed E-state index contributed by atoms with van der Waals surface area (Å²) in [5.41, 5.74) is 0.0279. The van der Waals surface area contributed by atoms with Gasteiger partial charge in [0.05, 0.1) is 31.0 Å². The number of hydrogen-bond acceptors (Lipinski definition) is 5. The van der Waals surface area contributed by atoms with E-state index < -0.39 is 17.4 Å². The standard InChI is InChI=1S/C19H25N3O4/c1-18(2,3)10-22-11-19-7-5-13(26-19)14(15(19)17(22)24)16(23)21(4)9-12-6-8-25-20-12/h5-8,13-15H,9-11H2,1-4H3/t13-,14?,15?,19-/m0/s1. The Morgan fingerprint density at radius 1 is 1.46 bits per heavy atom. The van der Waals surface area contributed by atoms with Gasteiger partial charge in [-0.3, -0.25) is 9.59 Å². The molecule has 0 aliphatic carbocycles. The van der Waals surface area contributed by atoms with Crippen molar-refractivity contribution in [3.63, 3.8) is 0 Å². The highest BCUT2D eigenvalue weighted by Gasteiger charge is 2.67. The molecule has 2 amide bonds. The Labute approximate surface area is 152 Å². The highest BCUT2D eigenvalue weighted by atomic mass is 16.5. The van der Waals surface area contributed by atoms with E-state index in [0.29, 0.717) is 25.3 Å². The molecule has 0 aromatic carbocycles. The second-order valence-electron chi connectivity index (χ2n) is 8.84. The van der Waals surface area contributed by atoms with Crippen LogP contribution >= 0.6 is 0 Å². The molecule has 2 unspecified atom stereocenters. The molecule has 1 aromatic rings. The van der Waals surface area contributed by atoms with Crippen LogP contribution < -0.4 is 0 Å². The molecule has 1 spiro atoms. The summed E-state index contributed by atoms with van der Waals surface area (Å²) in [4.78, 5) is 29.7. The van der Waals surface area contributed by atoms with Gasteiger partial charge in [0.15, 0.2) is 0 Å². The molecule has 0 radical (unpaired) electrons. The van der Waals surface area contributed by atoms with E-state index in [1.165, 1.54) is 6.26 Å². The summed E-state index contributed by atoms with van der Waals surface area (Å²) >= 11 is 0. The Balaban J connectivity index is 1.56. The van der Waals surface area contributed by atoms with Gasteiger partial charge < -0.3 is 19.1 Å². The zero-order chi connectivity index (χ0) is 18.7. The van der Waals surface area contributed by atoms with Gasteiger partial charge in [0, 0.05) is 19.7 Å². The molecule has 4 atom stereocenters. The number of rotatable bonds is 4. The number of ether oxygens (including phenoxy) is 1. The molecule has 7 nitrogen and oxygen atoms in total. The van der Waals surface area contributed by atoms with Crippen LogP contribution in [0, 0.1) is 17.3 Å². The molecule has 1 aromatic heterocycles. The molecule has 4 rings (SSSR count). The minimum absolute atomic E-state index is 0.00406. The van der Waals surface area contributed by atoms with Gasteiger partial charge in [0.25, 0.3) is 0 Å². The molecular formula is C19H25N3O4. The fraction of sp³-hybridized carbons (Fsp3) is 0.632. The zero-order valence-corrected chi connectivity index (χ0v) is 15.6. The second kappa shape index (κ2) is 5.67. The summed E-state index contributed by atoms with van der Waals surface area (Å²) in [6.07, 6.45) is 5.09. The van der Waals surface area contributed by atoms with Crippen LogP contribution in [0.2, 0.25) is 0 Å². The first-order valence-electron chi connectivity index (χ1n) is 9.00. The number of carbonyl (C=O) groups is 2. The molecule has 0 saturated carbocycles. The lowest BCUT2D eigenvalue weighted by molar-refractivity contribution is -0.143. The van der Waals surface area contributed by atoms with Gasteiger partial charge in [-0.2, -0.15) is 0 Å². The van der Waals surface area contributed by atoms with Gasteiger partial charge in [-0.15, -0.1) is 0 Å². The van der Waals surface area contributed by atoms with Crippen molar-refractivity contribution in [3.05, 3.63) is 30.2 Å². The minimum Gasteiger partial charge on any atom is -0.364 e. The lowest BCUT2D eigenvalue weighted by Gasteiger charge is -2.29. The maximum Gasteiger partial charge on any atom is 0.230 e. The van der Waals surface area contributed by atoms with E-state index in [1.54, 1.807) is 18.0 Å². The van der Waals surface area contributed by atoms with Crippen LogP contribution in [0.25, 0.3) is 0 Å². The summed E-state index contributed by atoms with van der Waals surface area (Å²) in [7, 11) is 1.73. The summed E-state index contributed by atoms with van der Waals surface area (Å²) in [6, 6.07) is 1.73. The van der Waals surface area contributed by atoms with Crippen molar-refractivity contribution in [2.45, 2.75) is 39.0 Å². The predicted molar refractivity (Wildman–Crippen MR) is 92.7 cm³/mol. The van der Waals surface area contributed by atoms with E-state index >= 15 is 0 Å². The first kappa shape index (κ1) is 17.3. The van der Waals surface area contributed by atoms with Crippen LogP contribution in [0.3, 0.4) is 0 Å². The molecule has 2 bridgehead atoms. The Hall–Kier alpha value is -2.15. The van der Waals surface area contributed by atoms with Crippen molar-refractivity contribution in [2.75, 3.05) is 20.1 Å². The molecule has 0 N–H and O–H groups in total. The van der Waals surface area contributed by atoms with Gasteiger partial charge in [0.2, 0.25) is 11.8 Å². The van der Waals surface area contributed by atoms with Crippen LogP contribution in [0.15, 0.2) is 29.0 Å². The molecule has 140 valence electrons. The average molecular weight is 359 g/mol. The SMILES string of the molecule is CN(Cc1ccon1)C(=O)C1C2C(=O)N(CC(C)(C)C)C[C@@]23C=C[C@@H]1O3. The topological polar surface area (TPSA) is 75.9 Å². The number of aromatic nitrogens is 1. The maximum absolute atomic E-state index is 13.1. The number of amides is 2. The maximum atomic E-state index is 13.1. The smallest absolute Gasteiger partial charge is 0.230 e. The summed E-state index contributed by atoms with van der Waals surface area (Å²) < 4.78 is 11.0. The molecule has 2 fully saturated rings. The predicted octanol–water partition coefficient (Wildman–Crippen LogP) is 1.46. The second-order valence-corrected chi connectivity index (χ2v) is 8.84. The van der Waals surface area contributed by atoms with Crippen LogP contribution in [0.4, 0.5) is 0 Å². The number of likely N-dealkylation sites (tertiary alicyclic amines) is 1. The number of nitrogens with zero attached hydrogens (tertiary/aromatic N) is 3. The van der Waals surface area contributed by atoms with Gasteiger partial charge in [0.1, 0.15) is 17.6 Å². The van der Waals surface area contributed by atoms with Gasteiger partial charge in [-0.25, -0.2) is 0 Å². The molecule has 4 heterocycles. The lowest BCUT2D eigenvalue weighted by Crippen LogP contribution is -2.45. The van der Waals surface area contributed by atoms with E-state index in [4.69, 9.17) is 9.26 Å². The van der Waals surface area contributed by atoms with Crippen molar-refractivity contribution in [3.8, 4) is 0 Å². The Morgan fingerprint density at radius 3 is 2.88 bits per heavy atom. The third-order valence-corrected chi connectivity index (χ3v) is 5.40. The van der Waals surface area contributed by atoms with E-state index in [9.17, 15) is 9.59 Å². The minimum atomic E-state index is -0.651. The highest BCUT2D eigenvalue weighted by molar-refractivity contribution is 5.93.